The maximum absolute atomic E-state index is 14.7. The quantitative estimate of drug-likeness (QED) is 0.396. The number of rotatable bonds is 7. The van der Waals surface area contributed by atoms with E-state index in [1.807, 2.05) is 24.3 Å². The molecule has 0 atom stereocenters. The second kappa shape index (κ2) is 12.3. The van der Waals surface area contributed by atoms with Gasteiger partial charge in [-0.3, -0.25) is 14.5 Å². The standard InChI is InChI=1S/C31H34FN3O4S/c32-29-15-14-27(34-30(36)24-4-2-1-3-5-24)20-28(29)23-8-10-25(11-9-23)31(37)33-26-12-6-22(7-13-26)21-35-16-18-40(38,39)19-17-35/h6-15,20,24H,1-5,16-19,21H2,(H,33,37)(H,34,36). The molecule has 0 radical (unpaired) electrons. The van der Waals surface area contributed by atoms with Crippen LogP contribution in [0.4, 0.5) is 15.8 Å². The van der Waals surface area contributed by atoms with Crippen molar-refractivity contribution in [1.29, 1.82) is 0 Å². The fourth-order valence-electron chi connectivity index (χ4n) is 5.30. The number of anilines is 2. The van der Waals surface area contributed by atoms with Gasteiger partial charge < -0.3 is 10.6 Å². The van der Waals surface area contributed by atoms with Crippen LogP contribution >= 0.6 is 0 Å². The first-order valence-electron chi connectivity index (χ1n) is 13.8. The van der Waals surface area contributed by atoms with Crippen molar-refractivity contribution in [2.45, 2.75) is 38.6 Å². The van der Waals surface area contributed by atoms with Gasteiger partial charge in [-0.15, -0.1) is 0 Å². The van der Waals surface area contributed by atoms with Crippen molar-refractivity contribution in [3.8, 4) is 11.1 Å². The van der Waals surface area contributed by atoms with Gasteiger partial charge in [0.25, 0.3) is 5.91 Å². The highest BCUT2D eigenvalue weighted by Crippen LogP contribution is 2.29. The molecule has 1 saturated carbocycles. The van der Waals surface area contributed by atoms with E-state index >= 15 is 0 Å². The van der Waals surface area contributed by atoms with Crippen molar-refractivity contribution in [3.05, 3.63) is 83.7 Å². The first-order valence-corrected chi connectivity index (χ1v) is 15.6. The Hall–Kier alpha value is -3.56. The van der Waals surface area contributed by atoms with E-state index in [0.717, 1.165) is 31.2 Å². The van der Waals surface area contributed by atoms with Crippen molar-refractivity contribution >= 4 is 33.0 Å². The van der Waals surface area contributed by atoms with Crippen LogP contribution < -0.4 is 10.6 Å². The van der Waals surface area contributed by atoms with E-state index in [1.165, 1.54) is 12.5 Å². The minimum atomic E-state index is -2.91. The predicted molar refractivity (Wildman–Crippen MR) is 155 cm³/mol. The summed E-state index contributed by atoms with van der Waals surface area (Å²) in [5, 5.41) is 5.82. The normalized spacial score (nSPS) is 17.7. The largest absolute Gasteiger partial charge is 0.326 e. The molecule has 5 rings (SSSR count). The summed E-state index contributed by atoms with van der Waals surface area (Å²) in [5.74, 6) is -0.316. The average Bonchev–Trinajstić information content (AvgIpc) is 2.97. The topological polar surface area (TPSA) is 95.6 Å². The molecule has 7 nitrogen and oxygen atoms in total. The van der Waals surface area contributed by atoms with Gasteiger partial charge in [0.05, 0.1) is 11.5 Å². The molecule has 2 fully saturated rings. The van der Waals surface area contributed by atoms with E-state index in [1.54, 1.807) is 36.4 Å². The zero-order valence-electron chi connectivity index (χ0n) is 22.4. The number of nitrogens with zero attached hydrogens (tertiary/aromatic N) is 1. The van der Waals surface area contributed by atoms with E-state index in [4.69, 9.17) is 0 Å². The number of carbonyl (C=O) groups excluding carboxylic acids is 2. The van der Waals surface area contributed by atoms with Gasteiger partial charge in [0.1, 0.15) is 5.82 Å². The van der Waals surface area contributed by atoms with Gasteiger partial charge in [0, 0.05) is 48.1 Å². The summed E-state index contributed by atoms with van der Waals surface area (Å²) in [5.41, 5.74) is 3.65. The zero-order valence-corrected chi connectivity index (χ0v) is 23.2. The van der Waals surface area contributed by atoms with Gasteiger partial charge in [0.15, 0.2) is 9.84 Å². The third-order valence-corrected chi connectivity index (χ3v) is 9.33. The summed E-state index contributed by atoms with van der Waals surface area (Å²) < 4.78 is 37.9. The first-order chi connectivity index (χ1) is 19.3. The number of halogens is 1. The van der Waals surface area contributed by atoms with E-state index in [9.17, 15) is 22.4 Å². The minimum Gasteiger partial charge on any atom is -0.326 e. The predicted octanol–water partition coefficient (Wildman–Crippen LogP) is 5.49. The molecule has 2 aliphatic rings. The Bertz CT molecular complexity index is 1450. The first kappa shape index (κ1) is 28.0. The highest BCUT2D eigenvalue weighted by molar-refractivity contribution is 7.91. The Morgan fingerprint density at radius 1 is 0.825 bits per heavy atom. The van der Waals surface area contributed by atoms with E-state index in [-0.39, 0.29) is 29.2 Å². The lowest BCUT2D eigenvalue weighted by Crippen LogP contribution is -2.39. The third kappa shape index (κ3) is 7.14. The van der Waals surface area contributed by atoms with Gasteiger partial charge in [-0.25, -0.2) is 12.8 Å². The Kier molecular flexibility index (Phi) is 8.61. The number of carbonyl (C=O) groups is 2. The van der Waals surface area contributed by atoms with Gasteiger partial charge in [-0.2, -0.15) is 0 Å². The fourth-order valence-corrected chi connectivity index (χ4v) is 6.57. The molecule has 1 heterocycles. The lowest BCUT2D eigenvalue weighted by molar-refractivity contribution is -0.120. The third-order valence-electron chi connectivity index (χ3n) is 7.72. The summed E-state index contributed by atoms with van der Waals surface area (Å²) in [6.45, 7) is 1.72. The highest BCUT2D eigenvalue weighted by Gasteiger charge is 2.22. The van der Waals surface area contributed by atoms with Gasteiger partial charge >= 0.3 is 0 Å². The molecule has 3 aromatic carbocycles. The van der Waals surface area contributed by atoms with Crippen LogP contribution in [-0.4, -0.2) is 49.7 Å². The van der Waals surface area contributed by atoms with Gasteiger partial charge in [0.2, 0.25) is 5.91 Å². The van der Waals surface area contributed by atoms with Gasteiger partial charge in [-0.05, 0) is 66.4 Å². The Morgan fingerprint density at radius 2 is 1.48 bits per heavy atom. The van der Waals surface area contributed by atoms with Gasteiger partial charge in [-0.1, -0.05) is 43.5 Å². The molecule has 0 bridgehead atoms. The summed E-state index contributed by atoms with van der Waals surface area (Å²) in [6, 6.07) is 18.7. The van der Waals surface area contributed by atoms with Crippen molar-refractivity contribution in [2.24, 2.45) is 5.92 Å². The van der Waals surface area contributed by atoms with Crippen molar-refractivity contribution in [3.63, 3.8) is 0 Å². The number of benzene rings is 3. The molecule has 40 heavy (non-hydrogen) atoms. The van der Waals surface area contributed by atoms with Crippen LogP contribution in [0.5, 0.6) is 0 Å². The highest BCUT2D eigenvalue weighted by atomic mass is 32.2. The lowest BCUT2D eigenvalue weighted by atomic mass is 9.88. The average molecular weight is 564 g/mol. The summed E-state index contributed by atoms with van der Waals surface area (Å²) in [6.07, 6.45) is 5.07. The molecular formula is C31H34FN3O4S. The molecule has 0 aromatic heterocycles. The molecule has 0 spiro atoms. The molecular weight excluding hydrogens is 529 g/mol. The number of amides is 2. The zero-order chi connectivity index (χ0) is 28.1. The molecule has 0 unspecified atom stereocenters. The number of hydrogen-bond acceptors (Lipinski definition) is 5. The van der Waals surface area contributed by atoms with Crippen molar-refractivity contribution < 1.29 is 22.4 Å². The summed E-state index contributed by atoms with van der Waals surface area (Å²) in [4.78, 5) is 27.6. The van der Waals surface area contributed by atoms with Crippen LogP contribution in [0.3, 0.4) is 0 Å². The van der Waals surface area contributed by atoms with E-state index < -0.39 is 15.7 Å². The second-order valence-corrected chi connectivity index (χ2v) is 13.0. The maximum Gasteiger partial charge on any atom is 0.255 e. The molecule has 3 aromatic rings. The molecule has 9 heteroatoms. The minimum absolute atomic E-state index is 0.00654. The fraction of sp³-hybridized carbons (Fsp3) is 0.355. The molecule has 2 N–H and O–H groups in total. The number of sulfone groups is 1. The molecule has 210 valence electrons. The summed E-state index contributed by atoms with van der Waals surface area (Å²) >= 11 is 0. The Labute approximate surface area is 234 Å². The SMILES string of the molecule is O=C(Nc1ccc(CN2CCS(=O)(=O)CC2)cc1)c1ccc(-c2cc(NC(=O)C3CCCCC3)ccc2F)cc1. The van der Waals surface area contributed by atoms with Crippen LogP contribution in [0.15, 0.2) is 66.7 Å². The van der Waals surface area contributed by atoms with Crippen LogP contribution in [0.25, 0.3) is 11.1 Å². The van der Waals surface area contributed by atoms with E-state index in [0.29, 0.717) is 47.7 Å². The Morgan fingerprint density at radius 3 is 2.15 bits per heavy atom. The number of hydrogen-bond donors (Lipinski definition) is 2. The number of nitrogens with one attached hydrogen (secondary N) is 2. The lowest BCUT2D eigenvalue weighted by Gasteiger charge is -2.26. The van der Waals surface area contributed by atoms with Crippen LogP contribution in [0, 0.1) is 11.7 Å². The van der Waals surface area contributed by atoms with Crippen molar-refractivity contribution in [2.75, 3.05) is 35.2 Å². The molecule has 2 amide bonds. The smallest absolute Gasteiger partial charge is 0.255 e. The summed E-state index contributed by atoms with van der Waals surface area (Å²) in [7, 11) is -2.91. The molecule has 1 aliphatic carbocycles. The Balaban J connectivity index is 1.19. The monoisotopic (exact) mass is 563 g/mol. The second-order valence-electron chi connectivity index (χ2n) is 10.7. The molecule has 1 saturated heterocycles. The van der Waals surface area contributed by atoms with Crippen LogP contribution in [-0.2, 0) is 21.2 Å². The van der Waals surface area contributed by atoms with Crippen LogP contribution in [0.2, 0.25) is 0 Å². The van der Waals surface area contributed by atoms with E-state index in [2.05, 4.69) is 15.5 Å². The van der Waals surface area contributed by atoms with Crippen LogP contribution in [0.1, 0.15) is 48.0 Å². The van der Waals surface area contributed by atoms with Crippen molar-refractivity contribution in [1.82, 2.24) is 4.90 Å². The molecule has 1 aliphatic heterocycles. The maximum atomic E-state index is 14.7.